The topological polar surface area (TPSA) is 71.7 Å². The van der Waals surface area contributed by atoms with Crippen molar-refractivity contribution in [3.05, 3.63) is 40.3 Å². The fourth-order valence-electron chi connectivity index (χ4n) is 4.19. The normalized spacial score (nSPS) is 19.8. The zero-order valence-corrected chi connectivity index (χ0v) is 17.3. The smallest absolute Gasteiger partial charge is 0.298 e. The van der Waals surface area contributed by atoms with Crippen molar-refractivity contribution in [2.75, 3.05) is 31.1 Å². The fraction of sp³-hybridized carbons (Fsp3) is 0.476. The number of carbonyl (C=O) groups excluding carboxylic acids is 1. The van der Waals surface area contributed by atoms with Crippen LogP contribution in [0.15, 0.2) is 34.2 Å². The summed E-state index contributed by atoms with van der Waals surface area (Å²) in [4.78, 5) is 26.9. The number of amides is 1. The molecule has 8 heteroatoms. The number of hydrogen-bond donors (Lipinski definition) is 0. The fourth-order valence-corrected chi connectivity index (χ4v) is 4.99. The zero-order valence-electron chi connectivity index (χ0n) is 16.5. The van der Waals surface area contributed by atoms with Crippen molar-refractivity contribution in [1.82, 2.24) is 14.9 Å². The van der Waals surface area contributed by atoms with Crippen LogP contribution in [0.25, 0.3) is 11.1 Å². The Morgan fingerprint density at radius 3 is 2.83 bits per heavy atom. The molecule has 0 aliphatic carbocycles. The number of para-hydroxylation sites is 2. The van der Waals surface area contributed by atoms with Gasteiger partial charge < -0.3 is 19.0 Å². The van der Waals surface area contributed by atoms with Crippen molar-refractivity contribution in [3.8, 4) is 0 Å². The Bertz CT molecular complexity index is 989. The van der Waals surface area contributed by atoms with E-state index in [4.69, 9.17) is 9.15 Å². The molecular formula is C21H24N4O3S. The van der Waals surface area contributed by atoms with Crippen LogP contribution in [-0.4, -0.2) is 52.6 Å². The number of oxazole rings is 1. The molecule has 2 aliphatic heterocycles. The number of anilines is 1. The summed E-state index contributed by atoms with van der Waals surface area (Å²) < 4.78 is 12.2. The molecule has 152 valence electrons. The largest absolute Gasteiger partial charge is 0.423 e. The molecule has 2 aromatic heterocycles. The monoisotopic (exact) mass is 412 g/mol. The summed E-state index contributed by atoms with van der Waals surface area (Å²) in [6.07, 6.45) is 2.13. The van der Waals surface area contributed by atoms with Gasteiger partial charge in [-0.05, 0) is 31.9 Å². The number of benzene rings is 1. The van der Waals surface area contributed by atoms with E-state index in [1.165, 1.54) is 0 Å². The number of nitrogens with zero attached hydrogens (tertiary/aromatic N) is 4. The van der Waals surface area contributed by atoms with Crippen molar-refractivity contribution < 1.29 is 13.9 Å². The molecular weight excluding hydrogens is 388 g/mol. The van der Waals surface area contributed by atoms with Crippen LogP contribution in [0.4, 0.5) is 6.01 Å². The van der Waals surface area contributed by atoms with Crippen LogP contribution >= 0.6 is 11.3 Å². The third-order valence-corrected chi connectivity index (χ3v) is 6.88. The minimum atomic E-state index is -0.298. The molecule has 2 saturated heterocycles. The molecule has 2 aliphatic rings. The van der Waals surface area contributed by atoms with Gasteiger partial charge in [0.25, 0.3) is 6.01 Å². The third-order valence-electron chi connectivity index (χ3n) is 5.96. The highest BCUT2D eigenvalue weighted by Crippen LogP contribution is 2.33. The van der Waals surface area contributed by atoms with Crippen LogP contribution in [0.5, 0.6) is 0 Å². The van der Waals surface area contributed by atoms with E-state index in [1.54, 1.807) is 11.3 Å². The van der Waals surface area contributed by atoms with Crippen LogP contribution in [-0.2, 0) is 16.1 Å². The quantitative estimate of drug-likeness (QED) is 0.657. The Labute approximate surface area is 173 Å². The molecule has 7 nitrogen and oxygen atoms in total. The van der Waals surface area contributed by atoms with Crippen LogP contribution in [0.1, 0.15) is 29.8 Å². The Kier molecular flexibility index (Phi) is 4.75. The van der Waals surface area contributed by atoms with E-state index in [2.05, 4.69) is 14.9 Å². The van der Waals surface area contributed by atoms with Gasteiger partial charge >= 0.3 is 0 Å². The number of ether oxygens (including phenoxy) is 1. The predicted molar refractivity (Wildman–Crippen MR) is 111 cm³/mol. The Hall–Kier alpha value is -2.45. The molecule has 29 heavy (non-hydrogen) atoms. The lowest BCUT2D eigenvalue weighted by Gasteiger charge is -2.42. The van der Waals surface area contributed by atoms with Crippen LogP contribution in [0.2, 0.25) is 0 Å². The van der Waals surface area contributed by atoms with Gasteiger partial charge in [-0.1, -0.05) is 12.1 Å². The minimum absolute atomic E-state index is 0.163. The Morgan fingerprint density at radius 2 is 2.07 bits per heavy atom. The van der Waals surface area contributed by atoms with Gasteiger partial charge in [0.15, 0.2) is 5.58 Å². The molecule has 1 spiro atoms. The third kappa shape index (κ3) is 3.62. The molecule has 0 radical (unpaired) electrons. The van der Waals surface area contributed by atoms with E-state index in [1.807, 2.05) is 41.6 Å². The molecule has 5 rings (SSSR count). The van der Waals surface area contributed by atoms with Crippen molar-refractivity contribution in [2.45, 2.75) is 38.3 Å². The highest BCUT2D eigenvalue weighted by molar-refractivity contribution is 7.09. The van der Waals surface area contributed by atoms with E-state index >= 15 is 0 Å². The van der Waals surface area contributed by atoms with Crippen molar-refractivity contribution in [2.24, 2.45) is 0 Å². The highest BCUT2D eigenvalue weighted by atomic mass is 32.1. The molecule has 0 unspecified atom stereocenters. The number of rotatable bonds is 3. The molecule has 2 fully saturated rings. The van der Waals surface area contributed by atoms with E-state index in [0.29, 0.717) is 32.1 Å². The summed E-state index contributed by atoms with van der Waals surface area (Å²) in [5.74, 6) is 0.163. The number of aromatic nitrogens is 2. The van der Waals surface area contributed by atoms with Crippen LogP contribution < -0.4 is 4.90 Å². The van der Waals surface area contributed by atoms with Gasteiger partial charge in [0.05, 0.1) is 42.9 Å². The summed E-state index contributed by atoms with van der Waals surface area (Å²) in [5.41, 5.74) is 4.24. The van der Waals surface area contributed by atoms with Crippen LogP contribution in [0, 0.1) is 6.92 Å². The lowest BCUT2D eigenvalue weighted by molar-refractivity contribution is -0.132. The van der Waals surface area contributed by atoms with Gasteiger partial charge in [0.1, 0.15) is 5.52 Å². The van der Waals surface area contributed by atoms with Crippen molar-refractivity contribution in [3.63, 3.8) is 0 Å². The van der Waals surface area contributed by atoms with E-state index in [9.17, 15) is 4.79 Å². The van der Waals surface area contributed by atoms with Crippen LogP contribution in [0.3, 0.4) is 0 Å². The maximum absolute atomic E-state index is 12.7. The SMILES string of the molecule is Cc1ncsc1CN1CC2(CCN(c3nc4ccccc4o3)CC2)OCCC1=O. The van der Waals surface area contributed by atoms with Gasteiger partial charge in [-0.2, -0.15) is 4.98 Å². The summed E-state index contributed by atoms with van der Waals surface area (Å²) in [5, 5.41) is 0. The summed E-state index contributed by atoms with van der Waals surface area (Å²) >= 11 is 1.61. The maximum atomic E-state index is 12.7. The lowest BCUT2D eigenvalue weighted by atomic mass is 9.90. The lowest BCUT2D eigenvalue weighted by Crippen LogP contribution is -2.52. The number of piperidine rings is 1. The number of hydrogen-bond acceptors (Lipinski definition) is 7. The summed E-state index contributed by atoms with van der Waals surface area (Å²) in [6.45, 7) is 5.34. The minimum Gasteiger partial charge on any atom is -0.423 e. The van der Waals surface area contributed by atoms with Gasteiger partial charge in [-0.25, -0.2) is 4.98 Å². The first-order valence-corrected chi connectivity index (χ1v) is 10.9. The molecule has 0 bridgehead atoms. The second-order valence-corrected chi connectivity index (χ2v) is 8.78. The Morgan fingerprint density at radius 1 is 1.24 bits per heavy atom. The van der Waals surface area contributed by atoms with Gasteiger partial charge in [-0.3, -0.25) is 4.79 Å². The Balaban J connectivity index is 1.30. The molecule has 1 aromatic carbocycles. The first kappa shape index (κ1) is 18.6. The summed E-state index contributed by atoms with van der Waals surface area (Å²) in [7, 11) is 0. The van der Waals surface area contributed by atoms with E-state index in [0.717, 1.165) is 47.6 Å². The molecule has 3 aromatic rings. The molecule has 4 heterocycles. The average molecular weight is 413 g/mol. The number of aryl methyl sites for hydroxylation is 1. The molecule has 0 atom stereocenters. The molecule has 0 N–H and O–H groups in total. The van der Waals surface area contributed by atoms with Crippen molar-refractivity contribution in [1.29, 1.82) is 0 Å². The first-order valence-electron chi connectivity index (χ1n) is 10.0. The van der Waals surface area contributed by atoms with Gasteiger partial charge in [0, 0.05) is 18.0 Å². The zero-order chi connectivity index (χ0) is 19.8. The van der Waals surface area contributed by atoms with E-state index in [-0.39, 0.29) is 11.5 Å². The number of carbonyl (C=O) groups is 1. The molecule has 1 amide bonds. The first-order chi connectivity index (χ1) is 14.1. The second kappa shape index (κ2) is 7.42. The van der Waals surface area contributed by atoms with Crippen molar-refractivity contribution >= 4 is 34.4 Å². The van der Waals surface area contributed by atoms with E-state index < -0.39 is 0 Å². The summed E-state index contributed by atoms with van der Waals surface area (Å²) in [6, 6.07) is 8.50. The predicted octanol–water partition coefficient (Wildman–Crippen LogP) is 3.38. The van der Waals surface area contributed by atoms with Gasteiger partial charge in [0.2, 0.25) is 5.91 Å². The standard InChI is InChI=1S/C21H24N4O3S/c1-15-18(29-14-22-15)12-25-13-21(27-11-6-19(25)26)7-9-24(10-8-21)20-23-16-4-2-3-5-17(16)28-20/h2-5,14H,6-13H2,1H3. The second-order valence-electron chi connectivity index (χ2n) is 7.84. The number of fused-ring (bicyclic) bond motifs is 1. The average Bonchev–Trinajstić information content (AvgIpc) is 3.30. The van der Waals surface area contributed by atoms with Gasteiger partial charge in [-0.15, -0.1) is 11.3 Å². The molecule has 0 saturated carbocycles. The maximum Gasteiger partial charge on any atom is 0.298 e. The highest BCUT2D eigenvalue weighted by Gasteiger charge is 2.41. The number of thiazole rings is 1.